The largest absolute Gasteiger partial charge is 0.493 e. The van der Waals surface area contributed by atoms with Crippen LogP contribution in [0.3, 0.4) is 0 Å². The summed E-state index contributed by atoms with van der Waals surface area (Å²) < 4.78 is 10.8. The average Bonchev–Trinajstić information content (AvgIpc) is 2.62. The smallest absolute Gasteiger partial charge is 0.188 e. The van der Waals surface area contributed by atoms with Crippen LogP contribution in [0.2, 0.25) is 0 Å². The molecule has 0 fully saturated rings. The SMILES string of the molecule is CCOc1ccc(CN=C(N)NCCc2ccccn2)cc1OC.I. The van der Waals surface area contributed by atoms with Crippen LogP contribution in [0.25, 0.3) is 0 Å². The Morgan fingerprint density at radius 2 is 2.08 bits per heavy atom. The molecule has 25 heavy (non-hydrogen) atoms. The summed E-state index contributed by atoms with van der Waals surface area (Å²) in [6.07, 6.45) is 2.58. The summed E-state index contributed by atoms with van der Waals surface area (Å²) in [6, 6.07) is 11.6. The molecule has 1 heterocycles. The molecule has 2 aromatic rings. The van der Waals surface area contributed by atoms with Crippen LogP contribution in [-0.2, 0) is 13.0 Å². The highest BCUT2D eigenvalue weighted by Crippen LogP contribution is 2.28. The third kappa shape index (κ3) is 7.16. The van der Waals surface area contributed by atoms with E-state index in [-0.39, 0.29) is 24.0 Å². The highest BCUT2D eigenvalue weighted by atomic mass is 127. The Morgan fingerprint density at radius 3 is 2.76 bits per heavy atom. The van der Waals surface area contributed by atoms with Gasteiger partial charge in [-0.25, -0.2) is 4.99 Å². The molecule has 0 spiro atoms. The summed E-state index contributed by atoms with van der Waals surface area (Å²) in [5.41, 5.74) is 7.92. The molecule has 0 aliphatic carbocycles. The zero-order chi connectivity index (χ0) is 17.2. The number of benzene rings is 1. The average molecular weight is 456 g/mol. The maximum atomic E-state index is 5.90. The van der Waals surface area contributed by atoms with Gasteiger partial charge in [-0.05, 0) is 36.8 Å². The normalized spacial score (nSPS) is 10.7. The molecule has 0 atom stereocenters. The van der Waals surface area contributed by atoms with E-state index in [4.69, 9.17) is 15.2 Å². The van der Waals surface area contributed by atoms with Gasteiger partial charge in [0.1, 0.15) is 0 Å². The number of nitrogens with zero attached hydrogens (tertiary/aromatic N) is 2. The van der Waals surface area contributed by atoms with Gasteiger partial charge in [0, 0.05) is 24.9 Å². The molecule has 136 valence electrons. The molecular formula is C18H25IN4O2. The van der Waals surface area contributed by atoms with Gasteiger partial charge in [0.2, 0.25) is 0 Å². The molecule has 6 nitrogen and oxygen atoms in total. The van der Waals surface area contributed by atoms with Gasteiger partial charge in [-0.1, -0.05) is 12.1 Å². The zero-order valence-corrected chi connectivity index (χ0v) is 16.9. The van der Waals surface area contributed by atoms with Crippen molar-refractivity contribution in [3.8, 4) is 11.5 Å². The fourth-order valence-corrected chi connectivity index (χ4v) is 2.18. The molecule has 0 unspecified atom stereocenters. The standard InChI is InChI=1S/C18H24N4O2.HI/c1-3-24-16-8-7-14(12-17(16)23-2)13-22-18(19)21-11-9-15-6-4-5-10-20-15;/h4-8,10,12H,3,9,11,13H2,1-2H3,(H3,19,21,22);1H. The Balaban J connectivity index is 0.00000312. The maximum Gasteiger partial charge on any atom is 0.188 e. The van der Waals surface area contributed by atoms with Crippen molar-refractivity contribution >= 4 is 29.9 Å². The van der Waals surface area contributed by atoms with Gasteiger partial charge in [0.25, 0.3) is 0 Å². The first-order chi connectivity index (χ1) is 11.7. The Bertz CT molecular complexity index is 665. The number of pyridine rings is 1. The third-order valence-corrected chi connectivity index (χ3v) is 3.37. The number of aliphatic imine (C=N–C) groups is 1. The summed E-state index contributed by atoms with van der Waals surface area (Å²) in [4.78, 5) is 8.61. The third-order valence-electron chi connectivity index (χ3n) is 3.37. The van der Waals surface area contributed by atoms with Gasteiger partial charge in [-0.2, -0.15) is 0 Å². The first-order valence-corrected chi connectivity index (χ1v) is 7.96. The lowest BCUT2D eigenvalue weighted by Crippen LogP contribution is -2.33. The van der Waals surface area contributed by atoms with Gasteiger partial charge < -0.3 is 20.5 Å². The number of ether oxygens (including phenoxy) is 2. The fraction of sp³-hybridized carbons (Fsp3) is 0.333. The van der Waals surface area contributed by atoms with Gasteiger partial charge in [0.15, 0.2) is 17.5 Å². The van der Waals surface area contributed by atoms with E-state index in [1.54, 1.807) is 13.3 Å². The number of halogens is 1. The van der Waals surface area contributed by atoms with Crippen LogP contribution in [-0.4, -0.2) is 31.2 Å². The van der Waals surface area contributed by atoms with Crippen molar-refractivity contribution in [2.24, 2.45) is 10.7 Å². The van der Waals surface area contributed by atoms with E-state index >= 15 is 0 Å². The summed E-state index contributed by atoms with van der Waals surface area (Å²) >= 11 is 0. The molecular weight excluding hydrogens is 431 g/mol. The van der Waals surface area contributed by atoms with Crippen LogP contribution in [0, 0.1) is 0 Å². The van der Waals surface area contributed by atoms with Gasteiger partial charge in [0.05, 0.1) is 20.3 Å². The van der Waals surface area contributed by atoms with E-state index < -0.39 is 0 Å². The minimum atomic E-state index is 0. The number of nitrogens with one attached hydrogen (secondary N) is 1. The highest BCUT2D eigenvalue weighted by molar-refractivity contribution is 14.0. The minimum absolute atomic E-state index is 0. The molecule has 2 rings (SSSR count). The number of aromatic nitrogens is 1. The highest BCUT2D eigenvalue weighted by Gasteiger charge is 2.05. The predicted molar refractivity (Wildman–Crippen MR) is 111 cm³/mol. The lowest BCUT2D eigenvalue weighted by molar-refractivity contribution is 0.310. The van der Waals surface area contributed by atoms with Crippen LogP contribution in [0.1, 0.15) is 18.2 Å². The summed E-state index contributed by atoms with van der Waals surface area (Å²) in [5.74, 6) is 1.85. The van der Waals surface area contributed by atoms with E-state index in [0.717, 1.165) is 23.4 Å². The van der Waals surface area contributed by atoms with Crippen molar-refractivity contribution in [3.05, 3.63) is 53.9 Å². The second kappa shape index (κ2) is 11.5. The number of rotatable bonds is 8. The molecule has 0 bridgehead atoms. The first-order valence-electron chi connectivity index (χ1n) is 7.96. The van der Waals surface area contributed by atoms with Crippen molar-refractivity contribution in [2.45, 2.75) is 19.9 Å². The zero-order valence-electron chi connectivity index (χ0n) is 14.6. The molecule has 0 radical (unpaired) electrons. The molecule has 0 aliphatic heterocycles. The van der Waals surface area contributed by atoms with Crippen LogP contribution in [0.4, 0.5) is 0 Å². The first kappa shape index (κ1) is 21.0. The van der Waals surface area contributed by atoms with Gasteiger partial charge >= 0.3 is 0 Å². The Kier molecular flexibility index (Phi) is 9.68. The second-order valence-corrected chi connectivity index (χ2v) is 5.12. The van der Waals surface area contributed by atoms with E-state index in [0.29, 0.717) is 31.4 Å². The number of hydrogen-bond donors (Lipinski definition) is 2. The fourth-order valence-electron chi connectivity index (χ4n) is 2.18. The minimum Gasteiger partial charge on any atom is -0.493 e. The lowest BCUT2D eigenvalue weighted by atomic mass is 10.2. The quantitative estimate of drug-likeness (QED) is 0.363. The summed E-state index contributed by atoms with van der Waals surface area (Å²) in [5, 5.41) is 3.09. The molecule has 0 aliphatic rings. The van der Waals surface area contributed by atoms with Crippen LogP contribution < -0.4 is 20.5 Å². The van der Waals surface area contributed by atoms with Crippen molar-refractivity contribution in [3.63, 3.8) is 0 Å². The van der Waals surface area contributed by atoms with Crippen LogP contribution >= 0.6 is 24.0 Å². The predicted octanol–water partition coefficient (Wildman–Crippen LogP) is 2.75. The number of methoxy groups -OCH3 is 1. The number of hydrogen-bond acceptors (Lipinski definition) is 4. The lowest BCUT2D eigenvalue weighted by Gasteiger charge is -2.10. The maximum absolute atomic E-state index is 5.90. The van der Waals surface area contributed by atoms with Gasteiger partial charge in [-0.3, -0.25) is 4.98 Å². The van der Waals surface area contributed by atoms with Crippen LogP contribution in [0.5, 0.6) is 11.5 Å². The molecule has 7 heteroatoms. The molecule has 3 N–H and O–H groups in total. The Labute approximate surface area is 165 Å². The number of nitrogens with two attached hydrogens (primary N) is 1. The monoisotopic (exact) mass is 456 g/mol. The molecule has 1 aromatic carbocycles. The van der Waals surface area contributed by atoms with E-state index in [2.05, 4.69) is 15.3 Å². The van der Waals surface area contributed by atoms with Crippen molar-refractivity contribution in [2.75, 3.05) is 20.3 Å². The van der Waals surface area contributed by atoms with E-state index in [1.165, 1.54) is 0 Å². The molecule has 0 saturated carbocycles. The van der Waals surface area contributed by atoms with Crippen molar-refractivity contribution in [1.29, 1.82) is 0 Å². The second-order valence-electron chi connectivity index (χ2n) is 5.12. The van der Waals surface area contributed by atoms with Crippen LogP contribution in [0.15, 0.2) is 47.6 Å². The molecule has 0 amide bonds. The summed E-state index contributed by atoms with van der Waals surface area (Å²) in [7, 11) is 1.62. The topological polar surface area (TPSA) is 81.8 Å². The Hall–Kier alpha value is -2.03. The van der Waals surface area contributed by atoms with Crippen molar-refractivity contribution in [1.82, 2.24) is 10.3 Å². The van der Waals surface area contributed by atoms with Crippen molar-refractivity contribution < 1.29 is 9.47 Å². The molecule has 0 saturated heterocycles. The van der Waals surface area contributed by atoms with E-state index in [1.807, 2.05) is 43.3 Å². The summed E-state index contributed by atoms with van der Waals surface area (Å²) in [6.45, 7) is 3.71. The Morgan fingerprint density at radius 1 is 1.24 bits per heavy atom. The van der Waals surface area contributed by atoms with Gasteiger partial charge in [-0.15, -0.1) is 24.0 Å². The van der Waals surface area contributed by atoms with E-state index in [9.17, 15) is 0 Å². The molecule has 1 aromatic heterocycles. The number of guanidine groups is 1.